The minimum atomic E-state index is -0.0189. The summed E-state index contributed by atoms with van der Waals surface area (Å²) < 4.78 is 0. The lowest BCUT2D eigenvalue weighted by Crippen LogP contribution is -2.44. The van der Waals surface area contributed by atoms with E-state index in [2.05, 4.69) is 10.3 Å². The van der Waals surface area contributed by atoms with Crippen molar-refractivity contribution >= 4 is 23.3 Å². The van der Waals surface area contributed by atoms with Gasteiger partial charge in [-0.25, -0.2) is 9.78 Å². The van der Waals surface area contributed by atoms with E-state index in [0.29, 0.717) is 37.6 Å². The second kappa shape index (κ2) is 7.77. The molecule has 128 valence electrons. The number of nitrogens with one attached hydrogen (secondary N) is 1. The SMILES string of the molecule is CCN(CC)C(=O)c1nc2c(s1)CCN(C(=O)NC(C)C)CC2. The molecule has 0 saturated carbocycles. The van der Waals surface area contributed by atoms with Crippen molar-refractivity contribution in [2.75, 3.05) is 26.2 Å². The summed E-state index contributed by atoms with van der Waals surface area (Å²) in [5, 5.41) is 3.51. The average Bonchev–Trinajstić information content (AvgIpc) is 2.81. The summed E-state index contributed by atoms with van der Waals surface area (Å²) in [6, 6.07) is 0.117. The number of fused-ring (bicyclic) bond motifs is 1. The summed E-state index contributed by atoms with van der Waals surface area (Å²) in [4.78, 5) is 33.8. The molecular weight excluding hydrogens is 312 g/mol. The van der Waals surface area contributed by atoms with Crippen molar-refractivity contribution in [2.45, 2.75) is 46.6 Å². The number of nitrogens with zero attached hydrogens (tertiary/aromatic N) is 3. The summed E-state index contributed by atoms with van der Waals surface area (Å²) in [6.45, 7) is 10.6. The van der Waals surface area contributed by atoms with Crippen molar-refractivity contribution in [2.24, 2.45) is 0 Å². The number of amides is 3. The molecule has 2 rings (SSSR count). The smallest absolute Gasteiger partial charge is 0.317 e. The predicted octanol–water partition coefficient (Wildman–Crippen LogP) is 2.14. The van der Waals surface area contributed by atoms with Gasteiger partial charge in [0.25, 0.3) is 5.91 Å². The van der Waals surface area contributed by atoms with Crippen LogP contribution in [-0.2, 0) is 12.8 Å². The third-order valence-corrected chi connectivity index (χ3v) is 5.08. The molecule has 0 aromatic carbocycles. The zero-order chi connectivity index (χ0) is 17.0. The third kappa shape index (κ3) is 4.22. The minimum Gasteiger partial charge on any atom is -0.337 e. The second-order valence-electron chi connectivity index (χ2n) is 5.96. The van der Waals surface area contributed by atoms with Gasteiger partial charge in [0.1, 0.15) is 0 Å². The molecule has 1 aromatic rings. The summed E-state index contributed by atoms with van der Waals surface area (Å²) in [5.41, 5.74) is 0.977. The number of carbonyl (C=O) groups excluding carboxylic acids is 2. The molecule has 0 radical (unpaired) electrons. The molecule has 7 heteroatoms. The maximum absolute atomic E-state index is 12.4. The topological polar surface area (TPSA) is 65.5 Å². The highest BCUT2D eigenvalue weighted by atomic mass is 32.1. The molecular formula is C16H26N4O2S. The van der Waals surface area contributed by atoms with Crippen molar-refractivity contribution < 1.29 is 9.59 Å². The molecule has 3 amide bonds. The van der Waals surface area contributed by atoms with E-state index >= 15 is 0 Å². The summed E-state index contributed by atoms with van der Waals surface area (Å²) in [6.07, 6.45) is 1.48. The highest BCUT2D eigenvalue weighted by Gasteiger charge is 2.24. The van der Waals surface area contributed by atoms with E-state index in [4.69, 9.17) is 0 Å². The number of urea groups is 1. The standard InChI is InChI=1S/C16H26N4O2S/c1-5-19(6-2)15(21)14-18-12-7-9-20(10-8-13(12)23-14)16(22)17-11(3)4/h11H,5-10H2,1-4H3,(H,17,22). The Bertz CT molecular complexity index is 541. The Hall–Kier alpha value is -1.63. The van der Waals surface area contributed by atoms with E-state index in [1.807, 2.05) is 32.6 Å². The van der Waals surface area contributed by atoms with Crippen LogP contribution in [-0.4, -0.2) is 58.9 Å². The predicted molar refractivity (Wildman–Crippen MR) is 92.0 cm³/mol. The van der Waals surface area contributed by atoms with Gasteiger partial charge in [0.05, 0.1) is 5.69 Å². The van der Waals surface area contributed by atoms with Gasteiger partial charge in [-0.2, -0.15) is 0 Å². The minimum absolute atomic E-state index is 0.0162. The van der Waals surface area contributed by atoms with Crippen LogP contribution in [0.1, 0.15) is 48.1 Å². The normalized spacial score (nSPS) is 14.4. The van der Waals surface area contributed by atoms with E-state index in [0.717, 1.165) is 17.0 Å². The first-order valence-electron chi connectivity index (χ1n) is 8.29. The Balaban J connectivity index is 2.05. The molecule has 0 fully saturated rings. The molecule has 0 unspecified atom stereocenters. The number of rotatable bonds is 4. The van der Waals surface area contributed by atoms with Crippen molar-refractivity contribution in [1.29, 1.82) is 0 Å². The molecule has 0 spiro atoms. The van der Waals surface area contributed by atoms with Gasteiger partial charge in [0, 0.05) is 49.9 Å². The molecule has 23 heavy (non-hydrogen) atoms. The van der Waals surface area contributed by atoms with Gasteiger partial charge in [-0.05, 0) is 27.7 Å². The first-order chi connectivity index (χ1) is 11.0. The Morgan fingerprint density at radius 1 is 1.26 bits per heavy atom. The van der Waals surface area contributed by atoms with E-state index < -0.39 is 0 Å². The zero-order valence-electron chi connectivity index (χ0n) is 14.4. The van der Waals surface area contributed by atoms with Crippen molar-refractivity contribution in [1.82, 2.24) is 20.1 Å². The number of hydrogen-bond acceptors (Lipinski definition) is 4. The quantitative estimate of drug-likeness (QED) is 0.915. The Morgan fingerprint density at radius 3 is 2.52 bits per heavy atom. The second-order valence-corrected chi connectivity index (χ2v) is 7.04. The third-order valence-electron chi connectivity index (χ3n) is 3.94. The summed E-state index contributed by atoms with van der Waals surface area (Å²) in [7, 11) is 0. The van der Waals surface area contributed by atoms with Crippen molar-refractivity contribution in [3.63, 3.8) is 0 Å². The van der Waals surface area contributed by atoms with Crippen LogP contribution in [0.3, 0.4) is 0 Å². The van der Waals surface area contributed by atoms with Crippen molar-refractivity contribution in [3.8, 4) is 0 Å². The molecule has 1 aromatic heterocycles. The number of hydrogen-bond donors (Lipinski definition) is 1. The molecule has 2 heterocycles. The maximum atomic E-state index is 12.4. The van der Waals surface area contributed by atoms with Crippen LogP contribution in [0.15, 0.2) is 0 Å². The highest BCUT2D eigenvalue weighted by molar-refractivity contribution is 7.13. The van der Waals surface area contributed by atoms with Crippen LogP contribution in [0.2, 0.25) is 0 Å². The maximum Gasteiger partial charge on any atom is 0.317 e. The average molecular weight is 338 g/mol. The van der Waals surface area contributed by atoms with Crippen LogP contribution < -0.4 is 5.32 Å². The van der Waals surface area contributed by atoms with Gasteiger partial charge in [0.2, 0.25) is 0 Å². The fourth-order valence-electron chi connectivity index (χ4n) is 2.64. The summed E-state index contributed by atoms with van der Waals surface area (Å²) in [5.74, 6) is 0.0162. The van der Waals surface area contributed by atoms with Crippen LogP contribution in [0.5, 0.6) is 0 Å². The lowest BCUT2D eigenvalue weighted by Gasteiger charge is -2.22. The Kier molecular flexibility index (Phi) is 5.98. The van der Waals surface area contributed by atoms with Gasteiger partial charge < -0.3 is 15.1 Å². The molecule has 1 N–H and O–H groups in total. The van der Waals surface area contributed by atoms with E-state index in [-0.39, 0.29) is 18.0 Å². The van der Waals surface area contributed by atoms with E-state index in [9.17, 15) is 9.59 Å². The van der Waals surface area contributed by atoms with Gasteiger partial charge in [-0.1, -0.05) is 0 Å². The monoisotopic (exact) mass is 338 g/mol. The van der Waals surface area contributed by atoms with Gasteiger partial charge in [-0.15, -0.1) is 11.3 Å². The van der Waals surface area contributed by atoms with Crippen LogP contribution in [0.25, 0.3) is 0 Å². The van der Waals surface area contributed by atoms with Gasteiger partial charge in [0.15, 0.2) is 5.01 Å². The Labute approximate surface area is 141 Å². The van der Waals surface area contributed by atoms with Gasteiger partial charge >= 0.3 is 6.03 Å². The highest BCUT2D eigenvalue weighted by Crippen LogP contribution is 2.24. The first kappa shape index (κ1) is 17.7. The molecule has 6 nitrogen and oxygen atoms in total. The molecule has 0 atom stereocenters. The van der Waals surface area contributed by atoms with Crippen LogP contribution in [0, 0.1) is 0 Å². The fraction of sp³-hybridized carbons (Fsp3) is 0.688. The molecule has 0 saturated heterocycles. The molecule has 1 aliphatic rings. The molecule has 0 aliphatic carbocycles. The van der Waals surface area contributed by atoms with Gasteiger partial charge in [-0.3, -0.25) is 4.79 Å². The fourth-order valence-corrected chi connectivity index (χ4v) is 3.71. The van der Waals surface area contributed by atoms with E-state index in [1.54, 1.807) is 4.90 Å². The zero-order valence-corrected chi connectivity index (χ0v) is 15.2. The van der Waals surface area contributed by atoms with Crippen molar-refractivity contribution in [3.05, 3.63) is 15.6 Å². The molecule has 1 aliphatic heterocycles. The Morgan fingerprint density at radius 2 is 1.91 bits per heavy atom. The molecule has 0 bridgehead atoms. The lowest BCUT2D eigenvalue weighted by molar-refractivity contribution is 0.0772. The largest absolute Gasteiger partial charge is 0.337 e. The first-order valence-corrected chi connectivity index (χ1v) is 9.11. The van der Waals surface area contributed by atoms with E-state index in [1.165, 1.54) is 11.3 Å². The summed E-state index contributed by atoms with van der Waals surface area (Å²) >= 11 is 1.48. The van der Waals surface area contributed by atoms with Crippen LogP contribution >= 0.6 is 11.3 Å². The lowest BCUT2D eigenvalue weighted by atomic mass is 10.2. The number of thiazole rings is 1. The number of carbonyl (C=O) groups is 2. The van der Waals surface area contributed by atoms with Crippen LogP contribution in [0.4, 0.5) is 4.79 Å². The number of aromatic nitrogens is 1.